The first-order valence-electron chi connectivity index (χ1n) is 9.35. The molecule has 0 saturated carbocycles. The first kappa shape index (κ1) is 23.8. The van der Waals surface area contributed by atoms with Crippen molar-refractivity contribution in [1.29, 1.82) is 5.26 Å². The third-order valence-corrected chi connectivity index (χ3v) is 4.33. The third kappa shape index (κ3) is 6.23. The summed E-state index contributed by atoms with van der Waals surface area (Å²) < 4.78 is 46.2. The molecule has 0 aliphatic rings. The zero-order valence-electron chi connectivity index (χ0n) is 17.1. The minimum Gasteiger partial charge on any atom is -0.493 e. The van der Waals surface area contributed by atoms with Crippen LogP contribution in [0, 0.1) is 11.3 Å². The van der Waals surface area contributed by atoms with Crippen LogP contribution in [0.1, 0.15) is 17.7 Å². The van der Waals surface area contributed by atoms with Crippen LogP contribution in [0.25, 0.3) is 11.3 Å². The highest BCUT2D eigenvalue weighted by molar-refractivity contribution is 5.78. The SMILES string of the molecule is CNC(=O)CNCCCOc1ccc(-c2cc(NC)c(N)c(C#N)n2)cc1C(F)(F)F. The molecule has 2 aromatic rings. The van der Waals surface area contributed by atoms with E-state index < -0.39 is 11.7 Å². The van der Waals surface area contributed by atoms with E-state index in [1.807, 2.05) is 6.07 Å². The number of hydrogen-bond acceptors (Lipinski definition) is 7. The monoisotopic (exact) mass is 436 g/mol. The summed E-state index contributed by atoms with van der Waals surface area (Å²) in [6, 6.07) is 6.90. The second-order valence-corrected chi connectivity index (χ2v) is 6.44. The highest BCUT2D eigenvalue weighted by atomic mass is 19.4. The van der Waals surface area contributed by atoms with Crippen LogP contribution in [0.5, 0.6) is 5.75 Å². The summed E-state index contributed by atoms with van der Waals surface area (Å²) >= 11 is 0. The molecule has 0 unspecified atom stereocenters. The molecular formula is C20H23F3N6O2. The quantitative estimate of drug-likeness (QED) is 0.445. The van der Waals surface area contributed by atoms with E-state index >= 15 is 0 Å². The number of pyridine rings is 1. The summed E-state index contributed by atoms with van der Waals surface area (Å²) in [6.07, 6.45) is -4.24. The molecule has 1 heterocycles. The smallest absolute Gasteiger partial charge is 0.419 e. The normalized spacial score (nSPS) is 11.0. The maximum atomic E-state index is 13.6. The number of nitrogens with two attached hydrogens (primary N) is 1. The number of rotatable bonds is 9. The van der Waals surface area contributed by atoms with Crippen molar-refractivity contribution in [2.75, 3.05) is 44.8 Å². The Hall–Kier alpha value is -3.52. The standard InChI is InChI=1S/C20H23F3N6O2/c1-26-15-9-14(29-16(10-24)19(15)25)12-4-5-17(13(8-12)20(21,22)23)31-7-3-6-28-11-18(30)27-2/h4-5,8-9,28H,3,6-7,11,25H2,1-2H3,(H,26,29)(H,27,30). The Kier molecular flexibility index (Phi) is 8.04. The van der Waals surface area contributed by atoms with Crippen molar-refractivity contribution in [3.8, 4) is 23.1 Å². The van der Waals surface area contributed by atoms with E-state index in [1.54, 1.807) is 7.05 Å². The van der Waals surface area contributed by atoms with E-state index in [4.69, 9.17) is 10.5 Å². The Bertz CT molecular complexity index is 973. The van der Waals surface area contributed by atoms with Gasteiger partial charge in [-0.1, -0.05) is 0 Å². The number of carbonyl (C=O) groups excluding carboxylic acids is 1. The number of ether oxygens (including phenoxy) is 1. The van der Waals surface area contributed by atoms with E-state index in [-0.39, 0.29) is 47.4 Å². The Morgan fingerprint density at radius 2 is 2.03 bits per heavy atom. The molecule has 1 aromatic carbocycles. The topological polar surface area (TPSA) is 125 Å². The van der Waals surface area contributed by atoms with Crippen LogP contribution in [-0.4, -0.2) is 44.7 Å². The summed E-state index contributed by atoms with van der Waals surface area (Å²) in [6.45, 7) is 0.560. The lowest BCUT2D eigenvalue weighted by atomic mass is 10.0. The first-order chi connectivity index (χ1) is 14.7. The van der Waals surface area contributed by atoms with Crippen LogP contribution >= 0.6 is 0 Å². The van der Waals surface area contributed by atoms with Gasteiger partial charge in [0.1, 0.15) is 11.8 Å². The molecule has 8 nitrogen and oxygen atoms in total. The number of alkyl halides is 3. The van der Waals surface area contributed by atoms with Gasteiger partial charge in [-0.25, -0.2) is 4.98 Å². The van der Waals surface area contributed by atoms with Crippen molar-refractivity contribution >= 4 is 17.3 Å². The Morgan fingerprint density at radius 3 is 2.65 bits per heavy atom. The lowest BCUT2D eigenvalue weighted by Gasteiger charge is -2.16. The summed E-state index contributed by atoms with van der Waals surface area (Å²) in [5, 5.41) is 17.3. The van der Waals surface area contributed by atoms with E-state index in [0.717, 1.165) is 6.07 Å². The van der Waals surface area contributed by atoms with Gasteiger partial charge >= 0.3 is 6.18 Å². The zero-order valence-corrected chi connectivity index (χ0v) is 17.1. The summed E-state index contributed by atoms with van der Waals surface area (Å²) in [5.41, 5.74) is 5.63. The van der Waals surface area contributed by atoms with Gasteiger partial charge in [-0.05, 0) is 37.2 Å². The Balaban J connectivity index is 2.21. The minimum atomic E-state index is -4.65. The summed E-state index contributed by atoms with van der Waals surface area (Å²) in [4.78, 5) is 15.2. The molecule has 0 radical (unpaired) electrons. The molecule has 0 atom stereocenters. The average molecular weight is 436 g/mol. The minimum absolute atomic E-state index is 0.0335. The van der Waals surface area contributed by atoms with E-state index in [9.17, 15) is 23.2 Å². The molecule has 0 spiro atoms. The number of anilines is 2. The number of nitriles is 1. The second-order valence-electron chi connectivity index (χ2n) is 6.44. The third-order valence-electron chi connectivity index (χ3n) is 4.33. The van der Waals surface area contributed by atoms with Crippen molar-refractivity contribution in [3.05, 3.63) is 35.5 Å². The highest BCUT2D eigenvalue weighted by Gasteiger charge is 2.35. The molecular weight excluding hydrogens is 413 g/mol. The maximum Gasteiger partial charge on any atom is 0.419 e. The zero-order chi connectivity index (χ0) is 23.0. The summed E-state index contributed by atoms with van der Waals surface area (Å²) in [7, 11) is 3.09. The van der Waals surface area contributed by atoms with E-state index in [1.165, 1.54) is 25.2 Å². The number of likely N-dealkylation sites (N-methyl/N-ethyl adjacent to an activating group) is 1. The number of benzene rings is 1. The van der Waals surface area contributed by atoms with Crippen molar-refractivity contribution in [2.45, 2.75) is 12.6 Å². The van der Waals surface area contributed by atoms with Gasteiger partial charge in [0.05, 0.1) is 35.8 Å². The first-order valence-corrected chi connectivity index (χ1v) is 9.35. The van der Waals surface area contributed by atoms with Crippen LogP contribution in [0.2, 0.25) is 0 Å². The molecule has 0 bridgehead atoms. The van der Waals surface area contributed by atoms with Gasteiger partial charge in [-0.15, -0.1) is 0 Å². The molecule has 0 fully saturated rings. The molecule has 0 saturated heterocycles. The fraction of sp³-hybridized carbons (Fsp3) is 0.350. The molecule has 0 aliphatic heterocycles. The molecule has 1 aromatic heterocycles. The largest absolute Gasteiger partial charge is 0.493 e. The Morgan fingerprint density at radius 1 is 1.29 bits per heavy atom. The van der Waals surface area contributed by atoms with E-state index in [0.29, 0.717) is 18.7 Å². The molecule has 2 rings (SSSR count). The van der Waals surface area contributed by atoms with Crippen molar-refractivity contribution < 1.29 is 22.7 Å². The van der Waals surface area contributed by atoms with Gasteiger partial charge in [0.15, 0.2) is 5.69 Å². The molecule has 1 amide bonds. The predicted molar refractivity (Wildman–Crippen MR) is 110 cm³/mol. The lowest BCUT2D eigenvalue weighted by Crippen LogP contribution is -2.32. The number of nitrogens with one attached hydrogen (secondary N) is 3. The number of amides is 1. The van der Waals surface area contributed by atoms with Gasteiger partial charge < -0.3 is 26.4 Å². The van der Waals surface area contributed by atoms with Gasteiger partial charge in [0.25, 0.3) is 0 Å². The average Bonchev–Trinajstić information content (AvgIpc) is 2.75. The maximum absolute atomic E-state index is 13.6. The van der Waals surface area contributed by atoms with E-state index in [2.05, 4.69) is 20.9 Å². The van der Waals surface area contributed by atoms with Gasteiger partial charge in [0, 0.05) is 19.7 Å². The summed E-state index contributed by atoms with van der Waals surface area (Å²) in [5.74, 6) is -0.500. The van der Waals surface area contributed by atoms with Crippen molar-refractivity contribution in [3.63, 3.8) is 0 Å². The van der Waals surface area contributed by atoms with Crippen molar-refractivity contribution in [2.24, 2.45) is 0 Å². The second kappa shape index (κ2) is 10.5. The van der Waals surface area contributed by atoms with Gasteiger partial charge in [-0.3, -0.25) is 4.79 Å². The molecule has 166 valence electrons. The molecule has 5 N–H and O–H groups in total. The fourth-order valence-corrected chi connectivity index (χ4v) is 2.70. The van der Waals surface area contributed by atoms with Gasteiger partial charge in [0.2, 0.25) is 5.91 Å². The van der Waals surface area contributed by atoms with Gasteiger partial charge in [-0.2, -0.15) is 18.4 Å². The number of nitrogen functional groups attached to an aromatic ring is 1. The van der Waals surface area contributed by atoms with Crippen LogP contribution in [0.15, 0.2) is 24.3 Å². The number of aromatic nitrogens is 1. The Labute approximate surface area is 177 Å². The molecule has 0 aliphatic carbocycles. The van der Waals surface area contributed by atoms with Crippen LogP contribution in [0.3, 0.4) is 0 Å². The number of halogens is 3. The molecule has 31 heavy (non-hydrogen) atoms. The van der Waals surface area contributed by atoms with Crippen LogP contribution < -0.4 is 26.4 Å². The number of hydrogen-bond donors (Lipinski definition) is 4. The number of nitrogens with zero attached hydrogens (tertiary/aromatic N) is 2. The molecule has 11 heteroatoms. The number of carbonyl (C=O) groups is 1. The van der Waals surface area contributed by atoms with Crippen LogP contribution in [0.4, 0.5) is 24.5 Å². The van der Waals surface area contributed by atoms with Crippen molar-refractivity contribution in [1.82, 2.24) is 15.6 Å². The fourth-order valence-electron chi connectivity index (χ4n) is 2.70. The highest BCUT2D eigenvalue weighted by Crippen LogP contribution is 2.39. The van der Waals surface area contributed by atoms with Crippen LogP contribution in [-0.2, 0) is 11.0 Å². The predicted octanol–water partition coefficient (Wildman–Crippen LogP) is 2.37. The lowest BCUT2D eigenvalue weighted by molar-refractivity contribution is -0.139.